The minimum Gasteiger partial charge on any atom is -0.489 e. The second-order valence-corrected chi connectivity index (χ2v) is 6.29. The van der Waals surface area contributed by atoms with E-state index in [0.717, 1.165) is 27.4 Å². The molecule has 6 nitrogen and oxygen atoms in total. The number of pyridine rings is 1. The zero-order valence-electron chi connectivity index (χ0n) is 14.6. The van der Waals surface area contributed by atoms with Crippen LogP contribution in [0.5, 0.6) is 5.75 Å². The smallest absolute Gasteiger partial charge is 0.145 e. The molecule has 1 atom stereocenters. The molecule has 2 N–H and O–H groups in total. The average Bonchev–Trinajstić information content (AvgIpc) is 3.04. The number of para-hydroxylation sites is 2. The van der Waals surface area contributed by atoms with Crippen LogP contribution in [0.15, 0.2) is 72.1 Å². The lowest BCUT2D eigenvalue weighted by Gasteiger charge is -2.15. The molecule has 2 heterocycles. The number of fused-ring (bicyclic) bond motifs is 2. The first-order chi connectivity index (χ1) is 13.3. The maximum atomic E-state index is 10.5. The molecule has 0 amide bonds. The van der Waals surface area contributed by atoms with Crippen molar-refractivity contribution in [1.29, 1.82) is 0 Å². The van der Waals surface area contributed by atoms with Gasteiger partial charge in [0.05, 0.1) is 12.8 Å². The first-order valence-electron chi connectivity index (χ1n) is 8.66. The SMILES string of the molecule is O/N=C\c1cn(C[C@H](O)COc2cccc3cccnc23)c2ccccc12. The van der Waals surface area contributed by atoms with Gasteiger partial charge in [-0.05, 0) is 18.2 Å². The highest BCUT2D eigenvalue weighted by Crippen LogP contribution is 2.24. The molecule has 2 aromatic carbocycles. The van der Waals surface area contributed by atoms with Crippen LogP contribution in [-0.2, 0) is 6.54 Å². The van der Waals surface area contributed by atoms with Crippen molar-refractivity contribution in [3.63, 3.8) is 0 Å². The molecule has 4 aromatic rings. The number of nitrogens with zero attached hydrogens (tertiary/aromatic N) is 3. The van der Waals surface area contributed by atoms with E-state index in [2.05, 4.69) is 10.1 Å². The van der Waals surface area contributed by atoms with Gasteiger partial charge in [-0.2, -0.15) is 0 Å². The third-order valence-corrected chi connectivity index (χ3v) is 4.45. The van der Waals surface area contributed by atoms with Gasteiger partial charge in [0.15, 0.2) is 0 Å². The molecular weight excluding hydrogens is 342 g/mol. The molecule has 0 unspecified atom stereocenters. The summed E-state index contributed by atoms with van der Waals surface area (Å²) >= 11 is 0. The Balaban J connectivity index is 1.51. The average molecular weight is 361 g/mol. The number of oxime groups is 1. The molecule has 4 rings (SSSR count). The normalized spacial score (nSPS) is 12.8. The Kier molecular flexibility index (Phi) is 4.72. The number of aromatic nitrogens is 2. The number of aliphatic hydroxyl groups is 1. The highest BCUT2D eigenvalue weighted by molar-refractivity contribution is 5.99. The molecule has 27 heavy (non-hydrogen) atoms. The number of aliphatic hydroxyl groups excluding tert-OH is 1. The van der Waals surface area contributed by atoms with E-state index in [1.165, 1.54) is 6.21 Å². The number of ether oxygens (including phenoxy) is 1. The number of benzene rings is 2. The summed E-state index contributed by atoms with van der Waals surface area (Å²) in [4.78, 5) is 4.36. The number of rotatable bonds is 6. The Hall–Kier alpha value is -3.38. The van der Waals surface area contributed by atoms with Gasteiger partial charge in [-0.1, -0.05) is 41.6 Å². The van der Waals surface area contributed by atoms with E-state index in [1.54, 1.807) is 6.20 Å². The first-order valence-corrected chi connectivity index (χ1v) is 8.66. The molecule has 0 radical (unpaired) electrons. The highest BCUT2D eigenvalue weighted by atomic mass is 16.5. The van der Waals surface area contributed by atoms with Crippen molar-refractivity contribution in [3.8, 4) is 5.75 Å². The summed E-state index contributed by atoms with van der Waals surface area (Å²) in [5, 5.41) is 24.4. The van der Waals surface area contributed by atoms with Crippen molar-refractivity contribution in [2.45, 2.75) is 12.6 Å². The van der Waals surface area contributed by atoms with Crippen LogP contribution in [0.3, 0.4) is 0 Å². The summed E-state index contributed by atoms with van der Waals surface area (Å²) < 4.78 is 7.76. The maximum absolute atomic E-state index is 10.5. The third-order valence-electron chi connectivity index (χ3n) is 4.45. The predicted octanol–water partition coefficient (Wildman–Crippen LogP) is 3.44. The Labute approximate surface area is 156 Å². The van der Waals surface area contributed by atoms with Crippen molar-refractivity contribution in [1.82, 2.24) is 9.55 Å². The summed E-state index contributed by atoms with van der Waals surface area (Å²) in [5.74, 6) is 0.651. The Morgan fingerprint density at radius 2 is 1.96 bits per heavy atom. The summed E-state index contributed by atoms with van der Waals surface area (Å²) in [7, 11) is 0. The van der Waals surface area contributed by atoms with Gasteiger partial charge in [0.25, 0.3) is 0 Å². The van der Waals surface area contributed by atoms with E-state index in [0.29, 0.717) is 12.3 Å². The number of hydrogen-bond donors (Lipinski definition) is 2. The van der Waals surface area contributed by atoms with Crippen LogP contribution in [0.25, 0.3) is 21.8 Å². The van der Waals surface area contributed by atoms with Crippen LogP contribution in [0.2, 0.25) is 0 Å². The largest absolute Gasteiger partial charge is 0.489 e. The molecule has 6 heteroatoms. The molecule has 136 valence electrons. The zero-order valence-corrected chi connectivity index (χ0v) is 14.6. The van der Waals surface area contributed by atoms with Gasteiger partial charge in [0, 0.05) is 34.2 Å². The molecule has 2 aromatic heterocycles. The third kappa shape index (κ3) is 3.47. The second-order valence-electron chi connectivity index (χ2n) is 6.29. The summed E-state index contributed by atoms with van der Waals surface area (Å²) in [6.07, 6.45) is 4.26. The summed E-state index contributed by atoms with van der Waals surface area (Å²) in [5.41, 5.74) is 2.53. The molecule has 0 bridgehead atoms. The van der Waals surface area contributed by atoms with Crippen molar-refractivity contribution in [2.75, 3.05) is 6.61 Å². The van der Waals surface area contributed by atoms with Gasteiger partial charge in [0.2, 0.25) is 0 Å². The van der Waals surface area contributed by atoms with Crippen LogP contribution in [0.4, 0.5) is 0 Å². The fourth-order valence-corrected chi connectivity index (χ4v) is 3.25. The lowest BCUT2D eigenvalue weighted by molar-refractivity contribution is 0.0942. The second kappa shape index (κ2) is 7.47. The van der Waals surface area contributed by atoms with Gasteiger partial charge in [-0.15, -0.1) is 0 Å². The van der Waals surface area contributed by atoms with E-state index in [1.807, 2.05) is 65.4 Å². The predicted molar refractivity (Wildman–Crippen MR) is 105 cm³/mol. The molecule has 0 aliphatic carbocycles. The van der Waals surface area contributed by atoms with E-state index in [4.69, 9.17) is 9.94 Å². The molecule has 0 fully saturated rings. The molecule has 0 aliphatic heterocycles. The maximum Gasteiger partial charge on any atom is 0.145 e. The molecule has 0 spiro atoms. The first kappa shape index (κ1) is 17.1. The topological polar surface area (TPSA) is 79.9 Å². The van der Waals surface area contributed by atoms with Crippen LogP contribution >= 0.6 is 0 Å². The van der Waals surface area contributed by atoms with Gasteiger partial charge >= 0.3 is 0 Å². The lowest BCUT2D eigenvalue weighted by atomic mass is 10.2. The van der Waals surface area contributed by atoms with Crippen LogP contribution in [0.1, 0.15) is 5.56 Å². The standard InChI is InChI=1S/C21H19N3O3/c25-17(14-27-20-9-3-5-15-6-4-10-22-21(15)20)13-24-12-16(11-23-26)18-7-1-2-8-19(18)24/h1-12,17,25-26H,13-14H2/b23-11-/t17-/m0/s1. The Morgan fingerprint density at radius 1 is 1.11 bits per heavy atom. The molecule has 0 saturated heterocycles. The Bertz CT molecular complexity index is 1100. The van der Waals surface area contributed by atoms with Crippen molar-refractivity contribution < 1.29 is 15.1 Å². The minimum absolute atomic E-state index is 0.144. The Morgan fingerprint density at radius 3 is 2.85 bits per heavy atom. The monoisotopic (exact) mass is 361 g/mol. The number of hydrogen-bond acceptors (Lipinski definition) is 5. The van der Waals surface area contributed by atoms with Crippen molar-refractivity contribution in [3.05, 3.63) is 72.6 Å². The highest BCUT2D eigenvalue weighted by Gasteiger charge is 2.12. The summed E-state index contributed by atoms with van der Waals surface area (Å²) in [6.45, 7) is 0.504. The molecule has 0 saturated carbocycles. The van der Waals surface area contributed by atoms with E-state index in [9.17, 15) is 5.11 Å². The summed E-state index contributed by atoms with van der Waals surface area (Å²) in [6, 6.07) is 17.4. The zero-order chi connectivity index (χ0) is 18.6. The van der Waals surface area contributed by atoms with Crippen molar-refractivity contribution in [2.24, 2.45) is 5.16 Å². The fourth-order valence-electron chi connectivity index (χ4n) is 3.25. The van der Waals surface area contributed by atoms with E-state index in [-0.39, 0.29) is 6.61 Å². The van der Waals surface area contributed by atoms with Gasteiger partial charge in [0.1, 0.15) is 24.0 Å². The van der Waals surface area contributed by atoms with Crippen LogP contribution in [-0.4, -0.2) is 38.8 Å². The van der Waals surface area contributed by atoms with Gasteiger partial charge < -0.3 is 19.6 Å². The molecular formula is C21H19N3O3. The van der Waals surface area contributed by atoms with Crippen LogP contribution in [0, 0.1) is 0 Å². The minimum atomic E-state index is -0.710. The fraction of sp³-hybridized carbons (Fsp3) is 0.143. The molecule has 0 aliphatic rings. The lowest BCUT2D eigenvalue weighted by Crippen LogP contribution is -2.23. The van der Waals surface area contributed by atoms with Gasteiger partial charge in [-0.3, -0.25) is 4.98 Å². The van der Waals surface area contributed by atoms with E-state index < -0.39 is 6.10 Å². The quantitative estimate of drug-likeness (QED) is 0.313. The van der Waals surface area contributed by atoms with E-state index >= 15 is 0 Å². The van der Waals surface area contributed by atoms with Crippen LogP contribution < -0.4 is 4.74 Å². The van der Waals surface area contributed by atoms with Gasteiger partial charge in [-0.25, -0.2) is 0 Å². The van der Waals surface area contributed by atoms with Crippen molar-refractivity contribution >= 4 is 28.0 Å².